The lowest BCUT2D eigenvalue weighted by atomic mass is 10.1. The second-order valence-electron chi connectivity index (χ2n) is 7.30. The first-order chi connectivity index (χ1) is 16.8. The lowest BCUT2D eigenvalue weighted by Crippen LogP contribution is -2.25. The van der Waals surface area contributed by atoms with Crippen molar-refractivity contribution >= 4 is 38.8 Å². The van der Waals surface area contributed by atoms with Crippen LogP contribution in [-0.4, -0.2) is 21.4 Å². The van der Waals surface area contributed by atoms with Crippen molar-refractivity contribution in [3.63, 3.8) is 0 Å². The number of aromatic nitrogens is 1. The van der Waals surface area contributed by atoms with Gasteiger partial charge in [-0.1, -0.05) is 30.3 Å². The molecular weight excluding hydrogens is 499 g/mol. The van der Waals surface area contributed by atoms with Gasteiger partial charge in [-0.2, -0.15) is 13.2 Å². The topological polar surface area (TPSA) is 74.7 Å². The summed E-state index contributed by atoms with van der Waals surface area (Å²) in [6.45, 7) is 0.338. The second-order valence-corrected chi connectivity index (χ2v) is 9.59. The fourth-order valence-electron chi connectivity index (χ4n) is 3.25. The van der Waals surface area contributed by atoms with Crippen molar-refractivity contribution in [2.75, 3.05) is 16.7 Å². The number of nitrogens with one attached hydrogen (secondary N) is 1. The summed E-state index contributed by atoms with van der Waals surface area (Å²) in [6, 6.07) is 16.9. The van der Waals surface area contributed by atoms with Crippen LogP contribution in [0.1, 0.15) is 11.1 Å². The van der Waals surface area contributed by atoms with Gasteiger partial charge < -0.3 is 15.2 Å². The standard InChI is InChI=1S/C24H20F3N3O3S2/c1-33-22-13-17(24(25,26)27)7-9-20(22)29-19-10-8-18(14-21(19)31)35(32)30(23-28-11-12-34-23)15-16-5-3-2-4-6-16/h2-14,29,31H,15H2,1H3. The minimum atomic E-state index is -4.51. The van der Waals surface area contributed by atoms with Gasteiger partial charge in [-0.3, -0.25) is 4.31 Å². The van der Waals surface area contributed by atoms with Gasteiger partial charge in [0.15, 0.2) is 16.1 Å². The molecule has 0 aliphatic carbocycles. The van der Waals surface area contributed by atoms with Crippen molar-refractivity contribution in [1.29, 1.82) is 0 Å². The summed E-state index contributed by atoms with van der Waals surface area (Å²) in [6.07, 6.45) is -2.89. The van der Waals surface area contributed by atoms with E-state index < -0.39 is 22.7 Å². The van der Waals surface area contributed by atoms with E-state index in [0.29, 0.717) is 16.6 Å². The highest BCUT2D eigenvalue weighted by atomic mass is 32.2. The van der Waals surface area contributed by atoms with Crippen LogP contribution in [0.2, 0.25) is 0 Å². The van der Waals surface area contributed by atoms with E-state index in [1.807, 2.05) is 30.3 Å². The number of nitrogens with zero attached hydrogens (tertiary/aromatic N) is 2. The first-order valence-electron chi connectivity index (χ1n) is 10.2. The average molecular weight is 520 g/mol. The molecule has 4 rings (SSSR count). The number of benzene rings is 3. The number of alkyl halides is 3. The number of hydrogen-bond acceptors (Lipinski definition) is 6. The lowest BCUT2D eigenvalue weighted by molar-refractivity contribution is -0.137. The molecule has 1 atom stereocenters. The number of halogens is 3. The molecule has 0 spiro atoms. The van der Waals surface area contributed by atoms with Crippen LogP contribution in [0.25, 0.3) is 0 Å². The molecule has 1 aromatic heterocycles. The number of hydrogen-bond donors (Lipinski definition) is 2. The van der Waals surface area contributed by atoms with Crippen LogP contribution in [-0.2, 0) is 23.7 Å². The van der Waals surface area contributed by atoms with E-state index in [-0.39, 0.29) is 22.9 Å². The molecule has 0 saturated heterocycles. The summed E-state index contributed by atoms with van der Waals surface area (Å²) in [7, 11) is -0.435. The van der Waals surface area contributed by atoms with Crippen LogP contribution < -0.4 is 14.4 Å². The lowest BCUT2D eigenvalue weighted by Gasteiger charge is -2.21. The molecule has 182 valence electrons. The van der Waals surface area contributed by atoms with Crippen LogP contribution in [0.3, 0.4) is 0 Å². The molecule has 0 aliphatic heterocycles. The maximum absolute atomic E-state index is 13.4. The number of methoxy groups -OCH3 is 1. The minimum Gasteiger partial charge on any atom is -0.506 e. The van der Waals surface area contributed by atoms with Gasteiger partial charge in [-0.05, 0) is 35.9 Å². The van der Waals surface area contributed by atoms with E-state index in [4.69, 9.17) is 4.74 Å². The van der Waals surface area contributed by atoms with Crippen LogP contribution in [0.4, 0.5) is 29.7 Å². The van der Waals surface area contributed by atoms with Crippen molar-refractivity contribution in [3.05, 3.63) is 89.4 Å². The Kier molecular flexibility index (Phi) is 7.27. The van der Waals surface area contributed by atoms with Crippen LogP contribution >= 0.6 is 11.3 Å². The van der Waals surface area contributed by atoms with Crippen molar-refractivity contribution in [1.82, 2.24) is 4.98 Å². The van der Waals surface area contributed by atoms with Gasteiger partial charge >= 0.3 is 6.18 Å². The first-order valence-corrected chi connectivity index (χ1v) is 12.2. The Bertz CT molecular complexity index is 1320. The SMILES string of the molecule is COc1cc(C(F)(F)F)ccc1Nc1ccc(S(=O)N(Cc2ccccc2)c2nccs2)cc1O. The molecule has 11 heteroatoms. The normalized spacial score (nSPS) is 12.2. The molecule has 0 bridgehead atoms. The second kappa shape index (κ2) is 10.4. The highest BCUT2D eigenvalue weighted by Crippen LogP contribution is 2.38. The fourth-order valence-corrected chi connectivity index (χ4v) is 5.24. The maximum Gasteiger partial charge on any atom is 0.416 e. The zero-order chi connectivity index (χ0) is 25.0. The van der Waals surface area contributed by atoms with Crippen LogP contribution in [0, 0.1) is 0 Å². The predicted molar refractivity (Wildman–Crippen MR) is 131 cm³/mol. The van der Waals surface area contributed by atoms with Crippen LogP contribution in [0.5, 0.6) is 11.5 Å². The Labute approximate surface area is 206 Å². The summed E-state index contributed by atoms with van der Waals surface area (Å²) in [5.74, 6) is -0.263. The number of ether oxygens (including phenoxy) is 1. The molecule has 0 radical (unpaired) electrons. The van der Waals surface area contributed by atoms with Gasteiger partial charge in [0, 0.05) is 17.6 Å². The van der Waals surface area contributed by atoms with Gasteiger partial charge in [-0.15, -0.1) is 11.3 Å². The molecule has 35 heavy (non-hydrogen) atoms. The number of aromatic hydroxyl groups is 1. The number of phenols is 1. The summed E-state index contributed by atoms with van der Waals surface area (Å²) < 4.78 is 59.1. The molecule has 0 fully saturated rings. The van der Waals surface area contributed by atoms with E-state index >= 15 is 0 Å². The van der Waals surface area contributed by atoms with E-state index in [9.17, 15) is 22.5 Å². The molecule has 3 aromatic carbocycles. The van der Waals surface area contributed by atoms with Crippen LogP contribution in [0.15, 0.2) is 83.2 Å². The average Bonchev–Trinajstić information content (AvgIpc) is 3.38. The van der Waals surface area contributed by atoms with Crippen molar-refractivity contribution < 1.29 is 27.2 Å². The maximum atomic E-state index is 13.4. The Morgan fingerprint density at radius 1 is 1.09 bits per heavy atom. The van der Waals surface area contributed by atoms with Crippen molar-refractivity contribution in [3.8, 4) is 11.5 Å². The fraction of sp³-hybridized carbons (Fsp3) is 0.125. The quantitative estimate of drug-likeness (QED) is 0.266. The highest BCUT2D eigenvalue weighted by Gasteiger charge is 2.31. The molecule has 0 aliphatic rings. The molecule has 0 amide bonds. The van der Waals surface area contributed by atoms with E-state index in [1.54, 1.807) is 21.9 Å². The third-order valence-corrected chi connectivity index (χ3v) is 7.24. The number of anilines is 3. The Morgan fingerprint density at radius 2 is 1.83 bits per heavy atom. The van der Waals surface area contributed by atoms with Gasteiger partial charge in [0.2, 0.25) is 0 Å². The molecule has 2 N–H and O–H groups in total. The summed E-state index contributed by atoms with van der Waals surface area (Å²) >= 11 is 1.34. The number of phenolic OH excluding ortho intramolecular Hbond substituents is 1. The molecule has 4 aromatic rings. The summed E-state index contributed by atoms with van der Waals surface area (Å²) in [5, 5.41) is 15.8. The minimum absolute atomic E-state index is 0.0373. The van der Waals surface area contributed by atoms with E-state index in [0.717, 1.165) is 17.7 Å². The van der Waals surface area contributed by atoms with E-state index in [2.05, 4.69) is 10.3 Å². The predicted octanol–water partition coefficient (Wildman–Crippen LogP) is 6.35. The monoisotopic (exact) mass is 519 g/mol. The van der Waals surface area contributed by atoms with Gasteiger partial charge in [0.05, 0.1) is 35.5 Å². The largest absolute Gasteiger partial charge is 0.506 e. The van der Waals surface area contributed by atoms with E-state index in [1.165, 1.54) is 36.6 Å². The smallest absolute Gasteiger partial charge is 0.416 e. The zero-order valence-corrected chi connectivity index (χ0v) is 20.0. The Hall–Kier alpha value is -3.57. The molecular formula is C24H20F3N3O3S2. The molecule has 0 saturated carbocycles. The zero-order valence-electron chi connectivity index (χ0n) is 18.3. The van der Waals surface area contributed by atoms with Crippen molar-refractivity contribution in [2.45, 2.75) is 17.6 Å². The summed E-state index contributed by atoms with van der Waals surface area (Å²) in [4.78, 5) is 4.61. The van der Waals surface area contributed by atoms with Gasteiger partial charge in [0.25, 0.3) is 0 Å². The molecule has 1 unspecified atom stereocenters. The number of thiazole rings is 1. The summed E-state index contributed by atoms with van der Waals surface area (Å²) in [5.41, 5.74) is 0.536. The third-order valence-electron chi connectivity index (χ3n) is 4.97. The first kappa shape index (κ1) is 24.6. The Balaban J connectivity index is 1.59. The molecule has 6 nitrogen and oxygen atoms in total. The van der Waals surface area contributed by atoms with Gasteiger partial charge in [-0.25, -0.2) is 9.19 Å². The Morgan fingerprint density at radius 3 is 2.46 bits per heavy atom. The molecule has 1 heterocycles. The highest BCUT2D eigenvalue weighted by molar-refractivity contribution is 7.86. The van der Waals surface area contributed by atoms with Gasteiger partial charge in [0.1, 0.15) is 11.5 Å². The number of rotatable bonds is 8. The third kappa shape index (κ3) is 5.75. The van der Waals surface area contributed by atoms with Crippen molar-refractivity contribution in [2.24, 2.45) is 0 Å².